The number of nitro groups is 6. The highest BCUT2D eigenvalue weighted by atomic mass is 16.7. The van der Waals surface area contributed by atoms with Crippen LogP contribution in [0.5, 0.6) is 23.0 Å². The lowest BCUT2D eigenvalue weighted by Gasteiger charge is -2.12. The zero-order valence-corrected chi connectivity index (χ0v) is 18.0. The Balaban J connectivity index is 2.17. The van der Waals surface area contributed by atoms with Gasteiger partial charge in [-0.3, -0.25) is 60.7 Å². The molecule has 0 amide bonds. The molecule has 38 heavy (non-hydrogen) atoms. The molecule has 0 atom stereocenters. The third-order valence-corrected chi connectivity index (χ3v) is 4.60. The van der Waals surface area contributed by atoms with Gasteiger partial charge in [0.2, 0.25) is 11.5 Å². The lowest BCUT2D eigenvalue weighted by molar-refractivity contribution is -0.441. The molecule has 0 saturated carbocycles. The van der Waals surface area contributed by atoms with Crippen LogP contribution in [-0.2, 0) is 0 Å². The zero-order chi connectivity index (χ0) is 28.3. The van der Waals surface area contributed by atoms with E-state index in [1.165, 1.54) is 12.1 Å². The number of ether oxygens (including phenoxy) is 2. The third kappa shape index (κ3) is 4.88. The molecule has 0 aliphatic rings. The predicted octanol–water partition coefficient (Wildman–Crippen LogP) is 4.72. The number of rotatable bonds is 10. The molecule has 20 nitrogen and oxygen atoms in total. The summed E-state index contributed by atoms with van der Waals surface area (Å²) >= 11 is 0. The van der Waals surface area contributed by atoms with E-state index in [1.54, 1.807) is 0 Å². The number of nitrogens with zero attached hydrogens (tertiary/aromatic N) is 6. The summed E-state index contributed by atoms with van der Waals surface area (Å²) in [5.41, 5.74) is -8.17. The van der Waals surface area contributed by atoms with E-state index in [1.807, 2.05) is 0 Å². The van der Waals surface area contributed by atoms with Crippen molar-refractivity contribution in [2.75, 3.05) is 0 Å². The lowest BCUT2D eigenvalue weighted by atomic mass is 10.2. The Morgan fingerprint density at radius 2 is 0.711 bits per heavy atom. The molecule has 0 spiro atoms. The number of hydrogen-bond acceptors (Lipinski definition) is 14. The topological polar surface area (TPSA) is 277 Å². The standard InChI is InChI=1S/C18H8N6O14/c25-19(26)9-5-7-13(17(23(33)34)15(9)21(29)30)37-11-3-1-2-4-12(11)38-14-8-6-10(20(27)28)16(22(31)32)18(14)24(35)36/h1-8H. The minimum Gasteiger partial charge on any atom is -0.446 e. The van der Waals surface area contributed by atoms with Crippen molar-refractivity contribution in [3.8, 4) is 23.0 Å². The van der Waals surface area contributed by atoms with Gasteiger partial charge >= 0.3 is 34.1 Å². The highest BCUT2D eigenvalue weighted by Crippen LogP contribution is 2.48. The molecule has 0 heterocycles. The smallest absolute Gasteiger partial charge is 0.426 e. The molecule has 0 aliphatic carbocycles. The van der Waals surface area contributed by atoms with Crippen molar-refractivity contribution in [3.63, 3.8) is 0 Å². The first kappa shape index (κ1) is 26.3. The van der Waals surface area contributed by atoms with E-state index in [0.29, 0.717) is 24.3 Å². The second-order valence-corrected chi connectivity index (χ2v) is 6.75. The van der Waals surface area contributed by atoms with Crippen molar-refractivity contribution in [2.24, 2.45) is 0 Å². The summed E-state index contributed by atoms with van der Waals surface area (Å²) in [7, 11) is 0. The molecule has 0 bridgehead atoms. The van der Waals surface area contributed by atoms with Crippen molar-refractivity contribution >= 4 is 34.1 Å². The summed E-state index contributed by atoms with van der Waals surface area (Å²) in [6.45, 7) is 0. The first-order chi connectivity index (χ1) is 17.8. The highest BCUT2D eigenvalue weighted by Gasteiger charge is 2.41. The van der Waals surface area contributed by atoms with Crippen molar-refractivity contribution in [1.29, 1.82) is 0 Å². The quantitative estimate of drug-likeness (QED) is 0.252. The maximum absolute atomic E-state index is 11.6. The zero-order valence-electron chi connectivity index (χ0n) is 18.0. The molecule has 0 fully saturated rings. The Labute approximate surface area is 206 Å². The van der Waals surface area contributed by atoms with E-state index in [-0.39, 0.29) is 0 Å². The van der Waals surface area contributed by atoms with Crippen LogP contribution >= 0.6 is 0 Å². The molecule has 3 rings (SSSR count). The average molecular weight is 532 g/mol. The van der Waals surface area contributed by atoms with Gasteiger partial charge in [-0.25, -0.2) is 0 Å². The molecule has 194 valence electrons. The second-order valence-electron chi connectivity index (χ2n) is 6.75. The molecule has 0 unspecified atom stereocenters. The van der Waals surface area contributed by atoms with Crippen LogP contribution in [-0.4, -0.2) is 29.5 Å². The van der Waals surface area contributed by atoms with E-state index in [4.69, 9.17) is 9.47 Å². The van der Waals surface area contributed by atoms with Gasteiger partial charge in [0.25, 0.3) is 0 Å². The SMILES string of the molecule is O=[N+]([O-])c1ccc(Oc2ccccc2Oc2ccc([N+](=O)[O-])c([N+](=O)[O-])c2[N+](=O)[O-])c([N+](=O)[O-])c1[N+](=O)[O-]. The highest BCUT2D eigenvalue weighted by molar-refractivity contribution is 5.74. The Hall–Kier alpha value is -6.34. The summed E-state index contributed by atoms with van der Waals surface area (Å²) < 4.78 is 10.7. The van der Waals surface area contributed by atoms with Gasteiger partial charge in [-0.05, 0) is 24.3 Å². The maximum Gasteiger partial charge on any atom is 0.426 e. The molecule has 3 aromatic carbocycles. The van der Waals surface area contributed by atoms with Crippen molar-refractivity contribution in [3.05, 3.63) is 109 Å². The largest absolute Gasteiger partial charge is 0.446 e. The van der Waals surface area contributed by atoms with Crippen LogP contribution in [0.4, 0.5) is 34.1 Å². The van der Waals surface area contributed by atoms with Crippen LogP contribution in [0.25, 0.3) is 0 Å². The number of benzene rings is 3. The normalized spacial score (nSPS) is 10.3. The molecular weight excluding hydrogens is 524 g/mol. The summed E-state index contributed by atoms with van der Waals surface area (Å²) in [5.74, 6) is -2.66. The molecule has 0 radical (unpaired) electrons. The Bertz CT molecular complexity index is 1440. The van der Waals surface area contributed by atoms with E-state index >= 15 is 0 Å². The summed E-state index contributed by atoms with van der Waals surface area (Å²) in [6, 6.07) is 7.26. The van der Waals surface area contributed by atoms with E-state index in [2.05, 4.69) is 0 Å². The summed E-state index contributed by atoms with van der Waals surface area (Å²) in [6.07, 6.45) is 0. The lowest BCUT2D eigenvalue weighted by Crippen LogP contribution is -2.04. The number of hydrogen-bond donors (Lipinski definition) is 0. The van der Waals surface area contributed by atoms with Gasteiger partial charge in [0.05, 0.1) is 29.5 Å². The minimum atomic E-state index is -1.49. The van der Waals surface area contributed by atoms with Gasteiger partial charge in [0.15, 0.2) is 11.5 Å². The Kier molecular flexibility index (Phi) is 6.99. The molecule has 0 saturated heterocycles. The van der Waals surface area contributed by atoms with Crippen LogP contribution in [0.15, 0.2) is 48.5 Å². The molecule has 0 aliphatic heterocycles. The van der Waals surface area contributed by atoms with Crippen LogP contribution in [0.2, 0.25) is 0 Å². The van der Waals surface area contributed by atoms with E-state index in [9.17, 15) is 60.7 Å². The van der Waals surface area contributed by atoms with E-state index < -0.39 is 86.7 Å². The van der Waals surface area contributed by atoms with Gasteiger partial charge in [-0.1, -0.05) is 12.1 Å². The second kappa shape index (κ2) is 10.1. The predicted molar refractivity (Wildman–Crippen MR) is 119 cm³/mol. The fourth-order valence-corrected chi connectivity index (χ4v) is 3.13. The monoisotopic (exact) mass is 532 g/mol. The summed E-state index contributed by atoms with van der Waals surface area (Å²) in [5, 5.41) is 68.2. The van der Waals surface area contributed by atoms with Crippen LogP contribution in [0.3, 0.4) is 0 Å². The number of para-hydroxylation sites is 2. The van der Waals surface area contributed by atoms with Crippen molar-refractivity contribution in [2.45, 2.75) is 0 Å². The first-order valence-corrected chi connectivity index (χ1v) is 9.50. The van der Waals surface area contributed by atoms with Gasteiger partial charge in [-0.15, -0.1) is 0 Å². The maximum atomic E-state index is 11.6. The average Bonchev–Trinajstić information content (AvgIpc) is 2.83. The fraction of sp³-hybridized carbons (Fsp3) is 0. The van der Waals surface area contributed by atoms with Gasteiger partial charge in [0.1, 0.15) is 0 Å². The van der Waals surface area contributed by atoms with Gasteiger partial charge in [0, 0.05) is 12.1 Å². The minimum absolute atomic E-state index is 0.478. The van der Waals surface area contributed by atoms with Crippen molar-refractivity contribution < 1.29 is 39.0 Å². The molecule has 20 heteroatoms. The fourth-order valence-electron chi connectivity index (χ4n) is 3.13. The molecule has 3 aromatic rings. The Morgan fingerprint density at radius 1 is 0.395 bits per heavy atom. The van der Waals surface area contributed by atoms with Gasteiger partial charge < -0.3 is 9.47 Å². The van der Waals surface area contributed by atoms with Crippen LogP contribution < -0.4 is 9.47 Å². The first-order valence-electron chi connectivity index (χ1n) is 9.50. The molecular formula is C18H8N6O14. The summed E-state index contributed by atoms with van der Waals surface area (Å²) in [4.78, 5) is 60.4. The van der Waals surface area contributed by atoms with E-state index in [0.717, 1.165) is 12.1 Å². The van der Waals surface area contributed by atoms with Gasteiger partial charge in [-0.2, -0.15) is 0 Å². The third-order valence-electron chi connectivity index (χ3n) is 4.60. The molecule has 0 N–H and O–H groups in total. The van der Waals surface area contributed by atoms with Crippen LogP contribution in [0.1, 0.15) is 0 Å². The Morgan fingerprint density at radius 3 is 0.974 bits per heavy atom. The van der Waals surface area contributed by atoms with Crippen LogP contribution in [0, 0.1) is 60.7 Å². The number of nitro benzene ring substituents is 6. The van der Waals surface area contributed by atoms with Crippen molar-refractivity contribution in [1.82, 2.24) is 0 Å². The molecule has 0 aromatic heterocycles.